The number of hydrogen-bond donors (Lipinski definition) is 2. The summed E-state index contributed by atoms with van der Waals surface area (Å²) in [5, 5.41) is 13.0. The van der Waals surface area contributed by atoms with Crippen molar-refractivity contribution in [2.75, 3.05) is 11.9 Å². The first kappa shape index (κ1) is 20.9. The van der Waals surface area contributed by atoms with Crippen LogP contribution in [0.1, 0.15) is 30.0 Å². The molecule has 29 heavy (non-hydrogen) atoms. The van der Waals surface area contributed by atoms with Crippen molar-refractivity contribution < 1.29 is 9.50 Å². The third kappa shape index (κ3) is 6.34. The molecule has 1 heterocycles. The van der Waals surface area contributed by atoms with Crippen molar-refractivity contribution in [2.24, 2.45) is 0 Å². The third-order valence-corrected chi connectivity index (χ3v) is 4.88. The molecule has 3 aromatic rings. The summed E-state index contributed by atoms with van der Waals surface area (Å²) in [5.41, 5.74) is 3.13. The topological polar surface area (TPSA) is 61.3 Å². The number of aliphatic hydroxyl groups excluding tert-OH is 1. The van der Waals surface area contributed by atoms with Crippen LogP contribution in [0, 0.1) is 5.82 Å². The number of aliphatic hydroxyl groups is 1. The van der Waals surface area contributed by atoms with Crippen LogP contribution in [0.25, 0.3) is 0 Å². The van der Waals surface area contributed by atoms with Crippen LogP contribution in [-0.2, 0) is 19.6 Å². The molecule has 3 rings (SSSR count). The zero-order chi connectivity index (χ0) is 20.5. The fraction of sp³-hybridized carbons (Fsp3) is 0.304. The summed E-state index contributed by atoms with van der Waals surface area (Å²) in [6, 6.07) is 16.6. The van der Waals surface area contributed by atoms with E-state index in [1.165, 1.54) is 17.7 Å². The summed E-state index contributed by atoms with van der Waals surface area (Å²) in [7, 11) is 0. The molecule has 0 bridgehead atoms. The maximum Gasteiger partial charge on any atom is 0.222 e. The van der Waals surface area contributed by atoms with Gasteiger partial charge in [0.15, 0.2) is 0 Å². The first-order valence-electron chi connectivity index (χ1n) is 9.86. The Hall–Kier alpha value is -2.83. The van der Waals surface area contributed by atoms with Gasteiger partial charge in [-0.15, -0.1) is 0 Å². The maximum atomic E-state index is 13.2. The predicted molar refractivity (Wildman–Crippen MR) is 113 cm³/mol. The van der Waals surface area contributed by atoms with E-state index in [-0.39, 0.29) is 18.5 Å². The van der Waals surface area contributed by atoms with Gasteiger partial charge in [0.1, 0.15) is 5.82 Å². The van der Waals surface area contributed by atoms with Crippen molar-refractivity contribution in [1.82, 2.24) is 14.9 Å². The first-order valence-corrected chi connectivity index (χ1v) is 9.86. The van der Waals surface area contributed by atoms with E-state index in [0.29, 0.717) is 25.6 Å². The number of benzene rings is 2. The van der Waals surface area contributed by atoms with E-state index >= 15 is 0 Å². The largest absolute Gasteiger partial charge is 0.395 e. The van der Waals surface area contributed by atoms with Gasteiger partial charge in [-0.25, -0.2) is 14.4 Å². The number of aromatic nitrogens is 2. The Labute approximate surface area is 171 Å². The van der Waals surface area contributed by atoms with E-state index < -0.39 is 0 Å². The highest BCUT2D eigenvalue weighted by Gasteiger charge is 2.17. The van der Waals surface area contributed by atoms with E-state index in [0.717, 1.165) is 17.5 Å². The first-order chi connectivity index (χ1) is 14.2. The minimum absolute atomic E-state index is 0.0101. The average Bonchev–Trinajstić information content (AvgIpc) is 2.76. The second-order valence-corrected chi connectivity index (χ2v) is 7.03. The highest BCUT2D eigenvalue weighted by Crippen LogP contribution is 2.16. The molecule has 0 radical (unpaired) electrons. The second-order valence-electron chi connectivity index (χ2n) is 7.03. The van der Waals surface area contributed by atoms with E-state index in [1.807, 2.05) is 37.5 Å². The minimum atomic E-state index is -0.249. The number of anilines is 1. The van der Waals surface area contributed by atoms with Crippen LogP contribution in [0.5, 0.6) is 0 Å². The van der Waals surface area contributed by atoms with Gasteiger partial charge < -0.3 is 10.4 Å². The summed E-state index contributed by atoms with van der Waals surface area (Å²) in [4.78, 5) is 11.0. The van der Waals surface area contributed by atoms with Crippen molar-refractivity contribution in [2.45, 2.75) is 39.0 Å². The molecule has 2 N–H and O–H groups in total. The highest BCUT2D eigenvalue weighted by atomic mass is 19.1. The molecule has 0 aliphatic carbocycles. The van der Waals surface area contributed by atoms with Crippen LogP contribution < -0.4 is 5.32 Å². The van der Waals surface area contributed by atoms with Crippen LogP contribution in [0.2, 0.25) is 0 Å². The molecule has 5 nitrogen and oxygen atoms in total. The minimum Gasteiger partial charge on any atom is -0.395 e. The number of rotatable bonds is 10. The average molecular weight is 394 g/mol. The van der Waals surface area contributed by atoms with Gasteiger partial charge in [-0.1, -0.05) is 49.4 Å². The highest BCUT2D eigenvalue weighted by molar-refractivity contribution is 5.28. The van der Waals surface area contributed by atoms with Crippen LogP contribution >= 0.6 is 0 Å². The van der Waals surface area contributed by atoms with E-state index in [1.54, 1.807) is 12.1 Å². The molecule has 1 unspecified atom stereocenters. The molecule has 0 aliphatic rings. The summed E-state index contributed by atoms with van der Waals surface area (Å²) < 4.78 is 13.2. The van der Waals surface area contributed by atoms with Crippen LogP contribution in [0.4, 0.5) is 10.3 Å². The molecule has 0 spiro atoms. The fourth-order valence-electron chi connectivity index (χ4n) is 3.18. The number of hydrogen-bond acceptors (Lipinski definition) is 5. The van der Waals surface area contributed by atoms with Gasteiger partial charge >= 0.3 is 0 Å². The number of halogens is 1. The molecule has 0 fully saturated rings. The smallest absolute Gasteiger partial charge is 0.222 e. The molecule has 0 saturated heterocycles. The summed E-state index contributed by atoms with van der Waals surface area (Å²) in [5.74, 6) is 0.332. The lowest BCUT2D eigenvalue weighted by Gasteiger charge is -2.29. The maximum absolute atomic E-state index is 13.2. The molecule has 0 saturated carbocycles. The van der Waals surface area contributed by atoms with Gasteiger partial charge in [-0.05, 0) is 29.7 Å². The lowest BCUT2D eigenvalue weighted by atomic mass is 10.1. The number of nitrogens with zero attached hydrogens (tertiary/aromatic N) is 3. The normalized spacial score (nSPS) is 12.1. The fourth-order valence-corrected chi connectivity index (χ4v) is 3.18. The number of nitrogens with one attached hydrogen (secondary N) is 1. The Morgan fingerprint density at radius 1 is 0.931 bits per heavy atom. The van der Waals surface area contributed by atoms with Gasteiger partial charge in [0.05, 0.1) is 6.61 Å². The Morgan fingerprint density at radius 2 is 1.59 bits per heavy atom. The standard InChI is InChI=1S/C23H27FN4O/c1-2-22(17-29)28(15-19-8-10-21(24)11-9-19)16-20-13-26-23(27-14-20)25-12-18-6-4-3-5-7-18/h3-11,13-14,22,29H,2,12,15-17H2,1H3,(H,25,26,27). The predicted octanol–water partition coefficient (Wildman–Crippen LogP) is 4.00. The second kappa shape index (κ2) is 10.6. The SMILES string of the molecule is CCC(CO)N(Cc1ccc(F)cc1)Cc1cnc(NCc2ccccc2)nc1. The van der Waals surface area contributed by atoms with Gasteiger partial charge in [-0.3, -0.25) is 4.90 Å². The van der Waals surface area contributed by atoms with Crippen LogP contribution in [0.15, 0.2) is 67.0 Å². The van der Waals surface area contributed by atoms with E-state index in [2.05, 4.69) is 32.3 Å². The van der Waals surface area contributed by atoms with Crippen molar-refractivity contribution in [1.29, 1.82) is 0 Å². The van der Waals surface area contributed by atoms with Crippen molar-refractivity contribution >= 4 is 5.95 Å². The zero-order valence-corrected chi connectivity index (χ0v) is 16.6. The van der Waals surface area contributed by atoms with Crippen LogP contribution in [-0.4, -0.2) is 32.6 Å². The Bertz CT molecular complexity index is 852. The lowest BCUT2D eigenvalue weighted by molar-refractivity contribution is 0.106. The summed E-state index contributed by atoms with van der Waals surface area (Å²) >= 11 is 0. The Morgan fingerprint density at radius 3 is 2.21 bits per heavy atom. The van der Waals surface area contributed by atoms with E-state index in [4.69, 9.17) is 0 Å². The van der Waals surface area contributed by atoms with Gasteiger partial charge in [0.25, 0.3) is 0 Å². The van der Waals surface area contributed by atoms with Gasteiger partial charge in [0.2, 0.25) is 5.95 Å². The van der Waals surface area contributed by atoms with Crippen molar-refractivity contribution in [3.05, 3.63) is 89.5 Å². The molecular weight excluding hydrogens is 367 g/mol. The van der Waals surface area contributed by atoms with E-state index in [9.17, 15) is 9.50 Å². The lowest BCUT2D eigenvalue weighted by Crippen LogP contribution is -2.36. The molecule has 6 heteroatoms. The van der Waals surface area contributed by atoms with Crippen molar-refractivity contribution in [3.8, 4) is 0 Å². The molecule has 0 aliphatic heterocycles. The summed E-state index contributed by atoms with van der Waals surface area (Å²) in [6.45, 7) is 4.00. The third-order valence-electron chi connectivity index (χ3n) is 4.88. The molecule has 0 amide bonds. The molecule has 1 atom stereocenters. The summed E-state index contributed by atoms with van der Waals surface area (Å²) in [6.07, 6.45) is 4.43. The Kier molecular flexibility index (Phi) is 7.67. The quantitative estimate of drug-likeness (QED) is 0.544. The van der Waals surface area contributed by atoms with Crippen molar-refractivity contribution in [3.63, 3.8) is 0 Å². The Balaban J connectivity index is 1.64. The molecule has 1 aromatic heterocycles. The van der Waals surface area contributed by atoms with Gasteiger partial charge in [-0.2, -0.15) is 0 Å². The molecule has 2 aromatic carbocycles. The van der Waals surface area contributed by atoms with Crippen LogP contribution in [0.3, 0.4) is 0 Å². The zero-order valence-electron chi connectivity index (χ0n) is 16.6. The molecular formula is C23H27FN4O. The monoisotopic (exact) mass is 394 g/mol. The molecule has 152 valence electrons. The van der Waals surface area contributed by atoms with Gasteiger partial charge in [0, 0.05) is 43.6 Å².